The SMILES string of the molecule is COCc1ncn2c1CN(C(=O)c1cccc3cccnc13)CC2.O=C(O)C(F)(F)F. The van der Waals surface area contributed by atoms with Crippen LogP contribution in [0, 0.1) is 0 Å². The molecule has 0 saturated carbocycles. The van der Waals surface area contributed by atoms with E-state index in [4.69, 9.17) is 14.6 Å². The Kier molecular flexibility index (Phi) is 6.54. The molecule has 3 heterocycles. The highest BCUT2D eigenvalue weighted by atomic mass is 19.4. The Hall–Kier alpha value is -3.47. The van der Waals surface area contributed by atoms with Crippen LogP contribution < -0.4 is 0 Å². The van der Waals surface area contributed by atoms with Crippen molar-refractivity contribution >= 4 is 22.8 Å². The maximum Gasteiger partial charge on any atom is 0.490 e. The minimum Gasteiger partial charge on any atom is -0.475 e. The molecule has 1 aliphatic rings. The zero-order chi connectivity index (χ0) is 22.6. The van der Waals surface area contributed by atoms with Crippen molar-refractivity contribution in [1.29, 1.82) is 0 Å². The van der Waals surface area contributed by atoms with E-state index in [1.807, 2.05) is 41.6 Å². The molecule has 0 bridgehead atoms. The molecule has 1 N–H and O–H groups in total. The van der Waals surface area contributed by atoms with Crippen LogP contribution in [0.4, 0.5) is 13.2 Å². The zero-order valence-electron chi connectivity index (χ0n) is 16.5. The summed E-state index contributed by atoms with van der Waals surface area (Å²) in [6.45, 7) is 2.41. The van der Waals surface area contributed by atoms with E-state index in [2.05, 4.69) is 14.5 Å². The highest BCUT2D eigenvalue weighted by Gasteiger charge is 2.38. The number of carboxylic acids is 1. The largest absolute Gasteiger partial charge is 0.490 e. The van der Waals surface area contributed by atoms with Crippen molar-refractivity contribution in [3.05, 3.63) is 59.8 Å². The summed E-state index contributed by atoms with van der Waals surface area (Å²) in [5.74, 6) is -2.75. The van der Waals surface area contributed by atoms with Crippen molar-refractivity contribution in [2.75, 3.05) is 13.7 Å². The zero-order valence-corrected chi connectivity index (χ0v) is 16.5. The van der Waals surface area contributed by atoms with Crippen molar-refractivity contribution in [1.82, 2.24) is 19.4 Å². The summed E-state index contributed by atoms with van der Waals surface area (Å²) in [6.07, 6.45) is -1.54. The Bertz CT molecular complexity index is 1090. The second kappa shape index (κ2) is 9.13. The number of imidazole rings is 1. The number of para-hydroxylation sites is 1. The van der Waals surface area contributed by atoms with Gasteiger partial charge in [-0.25, -0.2) is 9.78 Å². The standard InChI is InChI=1S/C18H18N4O2.C2HF3O2/c1-24-11-15-16-10-21(8-9-22(16)12-20-15)18(23)14-6-2-4-13-5-3-7-19-17(13)14;3-2(4,5)1(6)7/h2-7,12H,8-11H2,1H3;(H,6,7). The van der Waals surface area contributed by atoms with Crippen LogP contribution in [0.25, 0.3) is 10.9 Å². The van der Waals surface area contributed by atoms with Gasteiger partial charge in [-0.1, -0.05) is 18.2 Å². The highest BCUT2D eigenvalue weighted by molar-refractivity contribution is 6.05. The number of hydrogen-bond acceptors (Lipinski definition) is 5. The molecule has 0 atom stereocenters. The van der Waals surface area contributed by atoms with E-state index in [0.717, 1.165) is 28.8 Å². The van der Waals surface area contributed by atoms with Crippen molar-refractivity contribution in [2.24, 2.45) is 0 Å². The molecule has 1 aliphatic heterocycles. The average molecular weight is 436 g/mol. The van der Waals surface area contributed by atoms with Crippen LogP contribution >= 0.6 is 0 Å². The summed E-state index contributed by atoms with van der Waals surface area (Å²) in [5, 5.41) is 8.10. The smallest absolute Gasteiger partial charge is 0.475 e. The molecule has 2 aromatic heterocycles. The van der Waals surface area contributed by atoms with Gasteiger partial charge in [-0.3, -0.25) is 9.78 Å². The first-order valence-corrected chi connectivity index (χ1v) is 9.17. The fraction of sp³-hybridized carbons (Fsp3) is 0.300. The molecule has 0 radical (unpaired) electrons. The third-order valence-corrected chi connectivity index (χ3v) is 4.66. The van der Waals surface area contributed by atoms with Gasteiger partial charge in [-0.15, -0.1) is 0 Å². The average Bonchev–Trinajstić information content (AvgIpc) is 3.15. The topological polar surface area (TPSA) is 97.5 Å². The van der Waals surface area contributed by atoms with E-state index < -0.39 is 12.1 Å². The molecular formula is C20H19F3N4O4. The van der Waals surface area contributed by atoms with Crippen LogP contribution in [0.2, 0.25) is 0 Å². The first kappa shape index (κ1) is 22.2. The molecule has 0 fully saturated rings. The molecular weight excluding hydrogens is 417 g/mol. The summed E-state index contributed by atoms with van der Waals surface area (Å²) in [6, 6.07) is 9.58. The van der Waals surface area contributed by atoms with Gasteiger partial charge in [0.15, 0.2) is 0 Å². The monoisotopic (exact) mass is 436 g/mol. The number of fused-ring (bicyclic) bond motifs is 2. The second-order valence-corrected chi connectivity index (χ2v) is 6.67. The molecule has 0 aliphatic carbocycles. The van der Waals surface area contributed by atoms with Gasteiger partial charge in [-0.2, -0.15) is 13.2 Å². The summed E-state index contributed by atoms with van der Waals surface area (Å²) >= 11 is 0. The number of ether oxygens (including phenoxy) is 1. The lowest BCUT2D eigenvalue weighted by Crippen LogP contribution is -2.38. The minimum atomic E-state index is -5.08. The number of nitrogens with zero attached hydrogens (tertiary/aromatic N) is 4. The van der Waals surface area contributed by atoms with Crippen LogP contribution in [0.1, 0.15) is 21.7 Å². The number of pyridine rings is 1. The Morgan fingerprint density at radius 2 is 1.87 bits per heavy atom. The fourth-order valence-corrected chi connectivity index (χ4v) is 3.19. The molecule has 1 aromatic carbocycles. The molecule has 1 amide bonds. The van der Waals surface area contributed by atoms with Gasteiger partial charge < -0.3 is 19.3 Å². The van der Waals surface area contributed by atoms with Gasteiger partial charge in [-0.05, 0) is 12.1 Å². The molecule has 8 nitrogen and oxygen atoms in total. The van der Waals surface area contributed by atoms with E-state index >= 15 is 0 Å². The molecule has 0 saturated heterocycles. The number of methoxy groups -OCH3 is 1. The first-order chi connectivity index (χ1) is 14.7. The van der Waals surface area contributed by atoms with Gasteiger partial charge >= 0.3 is 12.1 Å². The Morgan fingerprint density at radius 1 is 1.16 bits per heavy atom. The molecule has 164 valence electrons. The number of rotatable bonds is 3. The number of carbonyl (C=O) groups excluding carboxylic acids is 1. The number of hydrogen-bond donors (Lipinski definition) is 1. The molecule has 4 rings (SSSR count). The Morgan fingerprint density at radius 3 is 2.55 bits per heavy atom. The summed E-state index contributed by atoms with van der Waals surface area (Å²) in [5.41, 5.74) is 3.34. The van der Waals surface area contributed by atoms with Crippen LogP contribution in [-0.4, -0.2) is 56.2 Å². The first-order valence-electron chi connectivity index (χ1n) is 9.17. The normalized spacial score (nSPS) is 13.4. The quantitative estimate of drug-likeness (QED) is 0.678. The molecule has 0 unspecified atom stereocenters. The van der Waals surface area contributed by atoms with Crippen molar-refractivity contribution in [2.45, 2.75) is 25.9 Å². The number of carboxylic acid groups (broad SMARTS) is 1. The van der Waals surface area contributed by atoms with Gasteiger partial charge in [0.05, 0.1) is 41.9 Å². The molecule has 0 spiro atoms. The number of benzene rings is 1. The predicted molar refractivity (Wildman–Crippen MR) is 103 cm³/mol. The van der Waals surface area contributed by atoms with E-state index in [1.165, 1.54) is 0 Å². The number of aromatic nitrogens is 3. The minimum absolute atomic E-state index is 0.00937. The van der Waals surface area contributed by atoms with E-state index in [9.17, 15) is 18.0 Å². The van der Waals surface area contributed by atoms with E-state index in [0.29, 0.717) is 25.3 Å². The predicted octanol–water partition coefficient (Wildman–Crippen LogP) is 2.87. The number of carbonyl (C=O) groups is 2. The van der Waals surface area contributed by atoms with E-state index in [1.54, 1.807) is 13.3 Å². The lowest BCUT2D eigenvalue weighted by atomic mass is 10.1. The molecule has 31 heavy (non-hydrogen) atoms. The van der Waals surface area contributed by atoms with Gasteiger partial charge in [0.25, 0.3) is 5.91 Å². The van der Waals surface area contributed by atoms with Crippen molar-refractivity contribution in [3.63, 3.8) is 0 Å². The Labute approximate surface area is 174 Å². The van der Waals surface area contributed by atoms with Crippen LogP contribution in [0.15, 0.2) is 42.9 Å². The van der Waals surface area contributed by atoms with Crippen LogP contribution in [-0.2, 0) is 29.2 Å². The number of aliphatic carboxylic acids is 1. The lowest BCUT2D eigenvalue weighted by Gasteiger charge is -2.29. The van der Waals surface area contributed by atoms with Gasteiger partial charge in [0.2, 0.25) is 0 Å². The third kappa shape index (κ3) is 5.00. The van der Waals surface area contributed by atoms with Crippen LogP contribution in [0.3, 0.4) is 0 Å². The summed E-state index contributed by atoms with van der Waals surface area (Å²) in [4.78, 5) is 32.6. The lowest BCUT2D eigenvalue weighted by molar-refractivity contribution is -0.192. The Balaban J connectivity index is 0.000000339. The maximum absolute atomic E-state index is 13.0. The van der Waals surface area contributed by atoms with E-state index in [-0.39, 0.29) is 5.91 Å². The summed E-state index contributed by atoms with van der Waals surface area (Å²) in [7, 11) is 1.65. The summed E-state index contributed by atoms with van der Waals surface area (Å²) < 4.78 is 39.0. The third-order valence-electron chi connectivity index (χ3n) is 4.66. The van der Waals surface area contributed by atoms with Crippen LogP contribution in [0.5, 0.6) is 0 Å². The number of halogens is 3. The van der Waals surface area contributed by atoms with Gasteiger partial charge in [0, 0.05) is 31.8 Å². The molecule has 11 heteroatoms. The fourth-order valence-electron chi connectivity index (χ4n) is 3.19. The highest BCUT2D eigenvalue weighted by Crippen LogP contribution is 2.22. The second-order valence-electron chi connectivity index (χ2n) is 6.67. The van der Waals surface area contributed by atoms with Crippen molar-refractivity contribution < 1.29 is 32.6 Å². The maximum atomic E-state index is 13.0. The molecule has 3 aromatic rings. The van der Waals surface area contributed by atoms with Crippen molar-refractivity contribution in [3.8, 4) is 0 Å². The van der Waals surface area contributed by atoms with Gasteiger partial charge in [0.1, 0.15) is 0 Å². The number of amides is 1. The number of alkyl halides is 3.